The molecule has 0 amide bonds. The predicted molar refractivity (Wildman–Crippen MR) is 72.7 cm³/mol. The van der Waals surface area contributed by atoms with Crippen molar-refractivity contribution < 1.29 is 18.3 Å². The van der Waals surface area contributed by atoms with Gasteiger partial charge in [-0.25, -0.2) is 13.1 Å². The number of carboxylic acid groups (broad SMARTS) is 1. The summed E-state index contributed by atoms with van der Waals surface area (Å²) < 4.78 is 26.9. The fourth-order valence-corrected chi connectivity index (χ4v) is 4.87. The van der Waals surface area contributed by atoms with Gasteiger partial charge < -0.3 is 5.11 Å². The molecule has 2 unspecified atom stereocenters. The van der Waals surface area contributed by atoms with Gasteiger partial charge in [-0.2, -0.15) is 0 Å². The predicted octanol–water partition coefficient (Wildman–Crippen LogP) is 1.84. The topological polar surface area (TPSA) is 83.5 Å². The van der Waals surface area contributed by atoms with Crippen LogP contribution >= 0.6 is 11.3 Å². The fourth-order valence-electron chi connectivity index (χ4n) is 2.45. The maximum absolute atomic E-state index is 12.0. The molecule has 1 heterocycles. The van der Waals surface area contributed by atoms with Gasteiger partial charge in [0.2, 0.25) is 10.0 Å². The van der Waals surface area contributed by atoms with Crippen LogP contribution in [0.15, 0.2) is 16.3 Å². The van der Waals surface area contributed by atoms with Crippen LogP contribution in [0, 0.1) is 18.8 Å². The molecule has 0 radical (unpaired) electrons. The Kier molecular flexibility index (Phi) is 4.27. The number of thiophene rings is 1. The third-order valence-electron chi connectivity index (χ3n) is 3.49. The van der Waals surface area contributed by atoms with Crippen LogP contribution < -0.4 is 4.72 Å². The van der Waals surface area contributed by atoms with Gasteiger partial charge in [0.1, 0.15) is 4.21 Å². The van der Waals surface area contributed by atoms with Gasteiger partial charge in [0.15, 0.2) is 0 Å². The Bertz CT molecular complexity index is 564. The maximum atomic E-state index is 12.0. The average Bonchev–Trinajstić information content (AvgIpc) is 2.94. The highest BCUT2D eigenvalue weighted by Gasteiger charge is 2.33. The first kappa shape index (κ1) is 14.5. The first-order valence-electron chi connectivity index (χ1n) is 6.19. The molecule has 1 aromatic rings. The molecule has 1 aliphatic carbocycles. The maximum Gasteiger partial charge on any atom is 0.306 e. The largest absolute Gasteiger partial charge is 0.481 e. The Morgan fingerprint density at radius 3 is 2.79 bits per heavy atom. The smallest absolute Gasteiger partial charge is 0.306 e. The molecule has 0 saturated heterocycles. The van der Waals surface area contributed by atoms with Gasteiger partial charge in [-0.05, 0) is 37.8 Å². The highest BCUT2D eigenvalue weighted by Crippen LogP contribution is 2.31. The van der Waals surface area contributed by atoms with Crippen molar-refractivity contribution in [2.24, 2.45) is 11.8 Å². The van der Waals surface area contributed by atoms with Crippen LogP contribution in [0.5, 0.6) is 0 Å². The number of hydrogen-bond acceptors (Lipinski definition) is 4. The molecule has 0 aromatic carbocycles. The zero-order valence-electron chi connectivity index (χ0n) is 10.6. The lowest BCUT2D eigenvalue weighted by Gasteiger charge is -2.15. The standard InChI is InChI=1S/C12H17NO4S2/c1-8-5-6-11(18-8)19(16,17)13-7-9-3-2-4-10(9)12(14)15/h5-6,9-10,13H,2-4,7H2,1H3,(H,14,15). The summed E-state index contributed by atoms with van der Waals surface area (Å²) in [4.78, 5) is 12.0. The number of carbonyl (C=O) groups is 1. The van der Waals surface area contributed by atoms with Crippen LogP contribution in [0.3, 0.4) is 0 Å². The molecule has 2 rings (SSSR count). The van der Waals surface area contributed by atoms with Gasteiger partial charge in [-0.3, -0.25) is 4.79 Å². The van der Waals surface area contributed by atoms with Crippen LogP contribution in [0.2, 0.25) is 0 Å². The molecule has 1 aliphatic rings. The van der Waals surface area contributed by atoms with Gasteiger partial charge in [0.05, 0.1) is 5.92 Å². The van der Waals surface area contributed by atoms with Gasteiger partial charge in [-0.1, -0.05) is 6.42 Å². The van der Waals surface area contributed by atoms with E-state index in [1.807, 2.05) is 6.92 Å². The van der Waals surface area contributed by atoms with E-state index in [0.717, 1.165) is 17.7 Å². The van der Waals surface area contributed by atoms with Gasteiger partial charge in [-0.15, -0.1) is 11.3 Å². The molecule has 106 valence electrons. The summed E-state index contributed by atoms with van der Waals surface area (Å²) in [6.45, 7) is 2.05. The molecule has 2 atom stereocenters. The van der Waals surface area contributed by atoms with Crippen molar-refractivity contribution in [3.05, 3.63) is 17.0 Å². The quantitative estimate of drug-likeness (QED) is 0.869. The average molecular weight is 303 g/mol. The lowest BCUT2D eigenvalue weighted by atomic mass is 9.97. The second-order valence-electron chi connectivity index (χ2n) is 4.85. The number of carboxylic acids is 1. The Morgan fingerprint density at radius 1 is 1.47 bits per heavy atom. The van der Waals surface area contributed by atoms with E-state index in [2.05, 4.69) is 4.72 Å². The summed E-state index contributed by atoms with van der Waals surface area (Å²) in [5.41, 5.74) is 0. The number of aliphatic carboxylic acids is 1. The number of nitrogens with one attached hydrogen (secondary N) is 1. The first-order chi connectivity index (χ1) is 8.90. The van der Waals surface area contributed by atoms with Crippen molar-refractivity contribution >= 4 is 27.3 Å². The molecule has 1 aromatic heterocycles. The zero-order chi connectivity index (χ0) is 14.0. The molecule has 0 aliphatic heterocycles. The van der Waals surface area contributed by atoms with Crippen LogP contribution in [-0.2, 0) is 14.8 Å². The first-order valence-corrected chi connectivity index (χ1v) is 8.49. The van der Waals surface area contributed by atoms with Crippen molar-refractivity contribution in [3.8, 4) is 0 Å². The zero-order valence-corrected chi connectivity index (χ0v) is 12.3. The molecule has 19 heavy (non-hydrogen) atoms. The summed E-state index contributed by atoms with van der Waals surface area (Å²) in [6.07, 6.45) is 2.25. The number of aryl methyl sites for hydroxylation is 1. The summed E-state index contributed by atoms with van der Waals surface area (Å²) in [6, 6.07) is 3.33. The summed E-state index contributed by atoms with van der Waals surface area (Å²) in [5, 5.41) is 9.06. The Morgan fingerprint density at radius 2 is 2.21 bits per heavy atom. The summed E-state index contributed by atoms with van der Waals surface area (Å²) in [7, 11) is -3.50. The highest BCUT2D eigenvalue weighted by atomic mass is 32.2. The number of sulfonamides is 1. The summed E-state index contributed by atoms with van der Waals surface area (Å²) in [5.74, 6) is -1.35. The van der Waals surface area contributed by atoms with Crippen molar-refractivity contribution in [3.63, 3.8) is 0 Å². The van der Waals surface area contributed by atoms with Crippen LogP contribution in [0.25, 0.3) is 0 Å². The molecule has 1 fully saturated rings. The summed E-state index contributed by atoms with van der Waals surface area (Å²) >= 11 is 1.22. The lowest BCUT2D eigenvalue weighted by molar-refractivity contribution is -0.142. The number of rotatable bonds is 5. The highest BCUT2D eigenvalue weighted by molar-refractivity contribution is 7.91. The lowest BCUT2D eigenvalue weighted by Crippen LogP contribution is -2.32. The SMILES string of the molecule is Cc1ccc(S(=O)(=O)NCC2CCCC2C(=O)O)s1. The van der Waals surface area contributed by atoms with Crippen molar-refractivity contribution in [1.29, 1.82) is 0 Å². The molecule has 0 bridgehead atoms. The normalized spacial score (nSPS) is 23.6. The van der Waals surface area contributed by atoms with Gasteiger partial charge in [0, 0.05) is 11.4 Å². The third-order valence-corrected chi connectivity index (χ3v) is 6.41. The van der Waals surface area contributed by atoms with E-state index in [1.54, 1.807) is 12.1 Å². The number of hydrogen-bond donors (Lipinski definition) is 2. The fraction of sp³-hybridized carbons (Fsp3) is 0.583. The van der Waals surface area contributed by atoms with Crippen molar-refractivity contribution in [2.45, 2.75) is 30.4 Å². The monoisotopic (exact) mass is 303 g/mol. The molecule has 7 heteroatoms. The second-order valence-corrected chi connectivity index (χ2v) is 8.13. The van der Waals surface area contributed by atoms with E-state index < -0.39 is 21.9 Å². The third kappa shape index (κ3) is 3.34. The Balaban J connectivity index is 2.00. The molecular formula is C12H17NO4S2. The van der Waals surface area contributed by atoms with Gasteiger partial charge >= 0.3 is 5.97 Å². The van der Waals surface area contributed by atoms with Crippen LogP contribution in [-0.4, -0.2) is 26.0 Å². The minimum Gasteiger partial charge on any atom is -0.481 e. The van der Waals surface area contributed by atoms with E-state index in [1.165, 1.54) is 11.3 Å². The molecule has 2 N–H and O–H groups in total. The molecule has 1 saturated carbocycles. The Labute approximate surface area is 116 Å². The van der Waals surface area contributed by atoms with Gasteiger partial charge in [0.25, 0.3) is 0 Å². The molecule has 0 spiro atoms. The molecular weight excluding hydrogens is 286 g/mol. The van der Waals surface area contributed by atoms with E-state index in [-0.39, 0.29) is 16.7 Å². The van der Waals surface area contributed by atoms with Crippen LogP contribution in [0.1, 0.15) is 24.1 Å². The van der Waals surface area contributed by atoms with Crippen molar-refractivity contribution in [1.82, 2.24) is 4.72 Å². The Hall–Kier alpha value is -0.920. The van der Waals surface area contributed by atoms with E-state index in [4.69, 9.17) is 5.11 Å². The van der Waals surface area contributed by atoms with Crippen molar-refractivity contribution in [2.75, 3.05) is 6.54 Å². The van der Waals surface area contributed by atoms with Crippen LogP contribution in [0.4, 0.5) is 0 Å². The minimum absolute atomic E-state index is 0.103. The van der Waals surface area contributed by atoms with E-state index in [0.29, 0.717) is 6.42 Å². The molecule has 5 nitrogen and oxygen atoms in total. The second kappa shape index (κ2) is 5.60. The van der Waals surface area contributed by atoms with E-state index in [9.17, 15) is 13.2 Å². The van der Waals surface area contributed by atoms with E-state index >= 15 is 0 Å². The minimum atomic E-state index is -3.50.